The maximum atomic E-state index is 13.5. The SMILES string of the molecule is CCOC(=O)c1nn(-c2cccc(C)c2)c(=O)c2c(NC(=O)c3ccccc3C(=O)OC)scc12. The molecule has 0 saturated heterocycles. The number of anilines is 1. The van der Waals surface area contributed by atoms with Crippen LogP contribution >= 0.6 is 11.3 Å². The van der Waals surface area contributed by atoms with Crippen molar-refractivity contribution < 1.29 is 23.9 Å². The van der Waals surface area contributed by atoms with Crippen LogP contribution in [-0.2, 0) is 9.47 Å². The molecule has 9 nitrogen and oxygen atoms in total. The molecule has 35 heavy (non-hydrogen) atoms. The van der Waals surface area contributed by atoms with E-state index in [4.69, 9.17) is 9.47 Å². The number of fused-ring (bicyclic) bond motifs is 1. The highest BCUT2D eigenvalue weighted by atomic mass is 32.1. The first-order chi connectivity index (χ1) is 16.8. The van der Waals surface area contributed by atoms with Crippen molar-refractivity contribution in [3.05, 3.63) is 86.6 Å². The van der Waals surface area contributed by atoms with E-state index in [1.165, 1.54) is 19.2 Å². The number of rotatable bonds is 6. The van der Waals surface area contributed by atoms with E-state index in [9.17, 15) is 19.2 Å². The van der Waals surface area contributed by atoms with Gasteiger partial charge < -0.3 is 14.8 Å². The van der Waals surface area contributed by atoms with Crippen LogP contribution < -0.4 is 10.9 Å². The molecule has 1 amide bonds. The van der Waals surface area contributed by atoms with Gasteiger partial charge in [0.2, 0.25) is 0 Å². The molecule has 4 aromatic rings. The lowest BCUT2D eigenvalue weighted by Crippen LogP contribution is -2.26. The number of aromatic nitrogens is 2. The maximum absolute atomic E-state index is 13.5. The van der Waals surface area contributed by atoms with Gasteiger partial charge in [0.05, 0.1) is 35.9 Å². The van der Waals surface area contributed by atoms with Crippen molar-refractivity contribution in [2.24, 2.45) is 0 Å². The molecule has 1 N–H and O–H groups in total. The Labute approximate surface area is 203 Å². The van der Waals surface area contributed by atoms with Crippen LogP contribution in [0.1, 0.15) is 43.7 Å². The van der Waals surface area contributed by atoms with Crippen LogP contribution in [0, 0.1) is 6.92 Å². The number of carbonyl (C=O) groups excluding carboxylic acids is 3. The van der Waals surface area contributed by atoms with Crippen molar-refractivity contribution >= 4 is 45.0 Å². The molecule has 4 rings (SSSR count). The molecule has 0 aliphatic carbocycles. The Kier molecular flexibility index (Phi) is 6.74. The summed E-state index contributed by atoms with van der Waals surface area (Å²) in [6.07, 6.45) is 0. The summed E-state index contributed by atoms with van der Waals surface area (Å²) in [5.41, 5.74) is 0.958. The maximum Gasteiger partial charge on any atom is 0.359 e. The summed E-state index contributed by atoms with van der Waals surface area (Å²) in [7, 11) is 1.22. The Morgan fingerprint density at radius 2 is 1.80 bits per heavy atom. The number of methoxy groups -OCH3 is 1. The number of nitrogens with zero attached hydrogens (tertiary/aromatic N) is 2. The molecule has 2 aromatic heterocycles. The highest BCUT2D eigenvalue weighted by molar-refractivity contribution is 7.16. The lowest BCUT2D eigenvalue weighted by molar-refractivity contribution is 0.0519. The normalized spacial score (nSPS) is 10.7. The van der Waals surface area contributed by atoms with E-state index in [1.54, 1.807) is 42.6 Å². The van der Waals surface area contributed by atoms with Gasteiger partial charge in [-0.15, -0.1) is 11.3 Å². The number of amides is 1. The summed E-state index contributed by atoms with van der Waals surface area (Å²) in [4.78, 5) is 51.4. The third-order valence-corrected chi connectivity index (χ3v) is 6.07. The average Bonchev–Trinajstić information content (AvgIpc) is 3.27. The first kappa shape index (κ1) is 23.8. The number of hydrogen-bond acceptors (Lipinski definition) is 8. The number of benzene rings is 2. The van der Waals surface area contributed by atoms with Gasteiger partial charge in [-0.2, -0.15) is 9.78 Å². The first-order valence-corrected chi connectivity index (χ1v) is 11.5. The summed E-state index contributed by atoms with van der Waals surface area (Å²) in [6.45, 7) is 3.67. The quantitative estimate of drug-likeness (QED) is 0.406. The highest BCUT2D eigenvalue weighted by Crippen LogP contribution is 2.31. The summed E-state index contributed by atoms with van der Waals surface area (Å²) in [5, 5.41) is 9.15. The zero-order valence-electron chi connectivity index (χ0n) is 19.2. The Balaban J connectivity index is 1.88. The smallest absolute Gasteiger partial charge is 0.359 e. The number of nitrogens with one attached hydrogen (secondary N) is 1. The molecule has 0 unspecified atom stereocenters. The first-order valence-electron chi connectivity index (χ1n) is 10.6. The number of hydrogen-bond donors (Lipinski definition) is 1. The van der Waals surface area contributed by atoms with Crippen LogP contribution in [0.3, 0.4) is 0 Å². The Morgan fingerprint density at radius 1 is 1.06 bits per heavy atom. The molecular weight excluding hydrogens is 470 g/mol. The van der Waals surface area contributed by atoms with Gasteiger partial charge in [0.25, 0.3) is 11.5 Å². The van der Waals surface area contributed by atoms with Crippen molar-refractivity contribution in [3.63, 3.8) is 0 Å². The predicted molar refractivity (Wildman–Crippen MR) is 132 cm³/mol. The molecule has 0 spiro atoms. The molecule has 0 saturated carbocycles. The largest absolute Gasteiger partial charge is 0.465 e. The molecule has 0 bridgehead atoms. The predicted octanol–water partition coefficient (Wildman–Crippen LogP) is 3.97. The van der Waals surface area contributed by atoms with Crippen molar-refractivity contribution in [1.29, 1.82) is 0 Å². The number of aryl methyl sites for hydroxylation is 1. The van der Waals surface area contributed by atoms with Gasteiger partial charge >= 0.3 is 11.9 Å². The van der Waals surface area contributed by atoms with E-state index in [0.29, 0.717) is 5.69 Å². The molecule has 10 heteroatoms. The fraction of sp³-hybridized carbons (Fsp3) is 0.160. The van der Waals surface area contributed by atoms with Crippen molar-refractivity contribution in [2.75, 3.05) is 19.0 Å². The van der Waals surface area contributed by atoms with E-state index >= 15 is 0 Å². The van der Waals surface area contributed by atoms with Gasteiger partial charge in [0.15, 0.2) is 5.69 Å². The third kappa shape index (κ3) is 4.56. The van der Waals surface area contributed by atoms with Gasteiger partial charge in [-0.3, -0.25) is 9.59 Å². The van der Waals surface area contributed by atoms with Crippen LogP contribution in [-0.4, -0.2) is 41.3 Å². The molecule has 0 aliphatic rings. The minimum Gasteiger partial charge on any atom is -0.465 e. The van der Waals surface area contributed by atoms with Crippen LogP contribution in [0.5, 0.6) is 0 Å². The Morgan fingerprint density at radius 3 is 2.49 bits per heavy atom. The molecule has 0 radical (unpaired) electrons. The molecule has 2 heterocycles. The van der Waals surface area contributed by atoms with Gasteiger partial charge in [-0.1, -0.05) is 24.3 Å². The van der Waals surface area contributed by atoms with Gasteiger partial charge in [0.1, 0.15) is 5.00 Å². The second-order valence-electron chi connectivity index (χ2n) is 7.47. The van der Waals surface area contributed by atoms with Gasteiger partial charge in [0, 0.05) is 10.8 Å². The molecule has 178 valence electrons. The highest BCUT2D eigenvalue weighted by Gasteiger charge is 2.24. The lowest BCUT2D eigenvalue weighted by atomic mass is 10.1. The summed E-state index contributed by atoms with van der Waals surface area (Å²) in [5.74, 6) is -1.96. The second-order valence-corrected chi connectivity index (χ2v) is 8.35. The minimum absolute atomic E-state index is 0.0466. The van der Waals surface area contributed by atoms with E-state index in [1.807, 2.05) is 13.0 Å². The zero-order chi connectivity index (χ0) is 25.1. The Bertz CT molecular complexity index is 1520. The second kappa shape index (κ2) is 9.90. The van der Waals surface area contributed by atoms with Crippen molar-refractivity contribution in [3.8, 4) is 5.69 Å². The summed E-state index contributed by atoms with van der Waals surface area (Å²) >= 11 is 1.07. The number of thiophene rings is 1. The number of ether oxygens (including phenoxy) is 2. The van der Waals surface area contributed by atoms with Crippen LogP contribution in [0.25, 0.3) is 16.5 Å². The fourth-order valence-corrected chi connectivity index (χ4v) is 4.50. The van der Waals surface area contributed by atoms with Crippen LogP contribution in [0.15, 0.2) is 58.7 Å². The van der Waals surface area contributed by atoms with Gasteiger partial charge in [-0.25, -0.2) is 9.59 Å². The monoisotopic (exact) mass is 491 g/mol. The Hall–Kier alpha value is -4.31. The average molecular weight is 492 g/mol. The molecule has 0 atom stereocenters. The number of carbonyl (C=O) groups is 3. The van der Waals surface area contributed by atoms with Gasteiger partial charge in [-0.05, 0) is 43.7 Å². The van der Waals surface area contributed by atoms with Crippen LogP contribution in [0.4, 0.5) is 5.00 Å². The van der Waals surface area contributed by atoms with E-state index < -0.39 is 23.4 Å². The molecule has 2 aromatic carbocycles. The molecule has 0 fully saturated rings. The van der Waals surface area contributed by atoms with Crippen LogP contribution in [0.2, 0.25) is 0 Å². The topological polar surface area (TPSA) is 117 Å². The summed E-state index contributed by atoms with van der Waals surface area (Å²) < 4.78 is 11.0. The lowest BCUT2D eigenvalue weighted by Gasteiger charge is -2.11. The fourth-order valence-electron chi connectivity index (χ4n) is 3.57. The molecular formula is C25H21N3O6S. The zero-order valence-corrected chi connectivity index (χ0v) is 20.0. The molecule has 0 aliphatic heterocycles. The van der Waals surface area contributed by atoms with E-state index in [-0.39, 0.29) is 39.2 Å². The third-order valence-electron chi connectivity index (χ3n) is 5.17. The van der Waals surface area contributed by atoms with Crippen molar-refractivity contribution in [1.82, 2.24) is 9.78 Å². The van der Waals surface area contributed by atoms with E-state index in [2.05, 4.69) is 10.4 Å². The van der Waals surface area contributed by atoms with Crippen molar-refractivity contribution in [2.45, 2.75) is 13.8 Å². The standard InChI is InChI=1S/C25H21N3O6S/c1-4-34-25(32)20-18-13-35-22(26-21(29)16-10-5-6-11-17(16)24(31)33-3)19(18)23(30)28(27-20)15-9-7-8-14(2)12-15/h5-13H,4H2,1-3H3,(H,26,29). The van der Waals surface area contributed by atoms with E-state index in [0.717, 1.165) is 21.6 Å². The summed E-state index contributed by atoms with van der Waals surface area (Å²) in [6, 6.07) is 13.3. The minimum atomic E-state index is -0.689. The number of esters is 2.